The summed E-state index contributed by atoms with van der Waals surface area (Å²) in [6.07, 6.45) is 8.62. The monoisotopic (exact) mass is 551 g/mol. The van der Waals surface area contributed by atoms with Crippen LogP contribution in [0.15, 0.2) is 23.3 Å². The zero-order chi connectivity index (χ0) is 28.4. The van der Waals surface area contributed by atoms with Crippen molar-refractivity contribution < 1.29 is 24.9 Å². The number of piperidine rings is 1. The molecule has 40 heavy (non-hydrogen) atoms. The molecule has 1 aromatic rings. The number of carbonyl (C=O) groups excluding carboxylic acids is 2. The highest BCUT2D eigenvalue weighted by atomic mass is 16.3. The van der Waals surface area contributed by atoms with Crippen molar-refractivity contribution in [2.75, 3.05) is 13.1 Å². The first-order valence-corrected chi connectivity index (χ1v) is 15.4. The molecule has 2 bridgehead atoms. The van der Waals surface area contributed by atoms with E-state index in [0.29, 0.717) is 35.5 Å². The molecule has 4 atom stereocenters. The molecule has 3 fully saturated rings. The molecule has 6 rings (SSSR count). The zero-order valence-corrected chi connectivity index (χ0v) is 24.1. The summed E-state index contributed by atoms with van der Waals surface area (Å²) in [6.45, 7) is 7.37. The highest BCUT2D eigenvalue weighted by Gasteiger charge is 2.69. The Labute approximate surface area is 237 Å². The third kappa shape index (κ3) is 4.25. The van der Waals surface area contributed by atoms with Gasteiger partial charge >= 0.3 is 0 Å². The van der Waals surface area contributed by atoms with Crippen LogP contribution in [0.1, 0.15) is 89.7 Å². The average molecular weight is 552 g/mol. The number of hydrogen-bond donors (Lipinski definition) is 5. The number of phenols is 2. The number of carbonyl (C=O) groups is 2. The Morgan fingerprint density at radius 1 is 1.07 bits per heavy atom. The lowest BCUT2D eigenvalue weighted by molar-refractivity contribution is -0.168. The first-order chi connectivity index (χ1) is 19.1. The summed E-state index contributed by atoms with van der Waals surface area (Å²) >= 11 is 0. The summed E-state index contributed by atoms with van der Waals surface area (Å²) in [5.41, 5.74) is -0.187. The third-order valence-corrected chi connectivity index (χ3v) is 10.7. The molecule has 2 amide bonds. The molecule has 0 radical (unpaired) electrons. The molecule has 1 heterocycles. The summed E-state index contributed by atoms with van der Waals surface area (Å²) in [6, 6.07) is 3.07. The van der Waals surface area contributed by atoms with E-state index in [1.165, 1.54) is 25.3 Å². The number of rotatable bonds is 6. The third-order valence-electron chi connectivity index (χ3n) is 10.7. The highest BCUT2D eigenvalue weighted by Crippen LogP contribution is 2.64. The van der Waals surface area contributed by atoms with E-state index in [4.69, 9.17) is 0 Å². The smallest absolute Gasteiger partial charge is 0.248 e. The normalized spacial score (nSPS) is 32.4. The van der Waals surface area contributed by atoms with Crippen molar-refractivity contribution in [2.24, 2.45) is 11.8 Å². The largest absolute Gasteiger partial charge is 0.504 e. The zero-order valence-electron chi connectivity index (χ0n) is 24.1. The predicted molar refractivity (Wildman–Crippen MR) is 152 cm³/mol. The second kappa shape index (κ2) is 10.1. The molecule has 218 valence electrons. The standard InChI is InChI=1S/C32H45N3O5/c1-18(2)33-29(38)23-16-32(40)25-15-21-11-12-24(36)28(37)27(21)31(32,13-14-35(25)17-20-9-10-20)19(3)26(23)30(39)34-22-7-5-4-6-8-22/h11-12,18-20,22,25,36-37,40H,4-10,13-17H2,1-3H3,(H,33,38)(H,34,39)/t19-,25+,31+,32+/m0/s1. The lowest BCUT2D eigenvalue weighted by Crippen LogP contribution is -2.75. The van der Waals surface area contributed by atoms with Crippen molar-refractivity contribution in [2.45, 2.75) is 114 Å². The van der Waals surface area contributed by atoms with Gasteiger partial charge in [-0.1, -0.05) is 32.3 Å². The van der Waals surface area contributed by atoms with Crippen LogP contribution in [0.4, 0.5) is 0 Å². The van der Waals surface area contributed by atoms with E-state index in [1.54, 1.807) is 0 Å². The van der Waals surface area contributed by atoms with E-state index < -0.39 is 16.9 Å². The van der Waals surface area contributed by atoms with E-state index >= 15 is 0 Å². The van der Waals surface area contributed by atoms with Crippen LogP contribution in [0.3, 0.4) is 0 Å². The molecule has 0 aromatic heterocycles. The summed E-state index contributed by atoms with van der Waals surface area (Å²) in [7, 11) is 0. The number of amides is 2. The van der Waals surface area contributed by atoms with Crippen molar-refractivity contribution in [3.05, 3.63) is 34.4 Å². The highest BCUT2D eigenvalue weighted by molar-refractivity contribution is 6.06. The Morgan fingerprint density at radius 2 is 1.80 bits per heavy atom. The Bertz CT molecular complexity index is 1230. The van der Waals surface area contributed by atoms with E-state index in [0.717, 1.165) is 44.3 Å². The van der Waals surface area contributed by atoms with Crippen molar-refractivity contribution in [1.82, 2.24) is 15.5 Å². The molecule has 0 spiro atoms. The number of aliphatic hydroxyl groups is 1. The predicted octanol–water partition coefficient (Wildman–Crippen LogP) is 3.42. The Morgan fingerprint density at radius 3 is 2.48 bits per heavy atom. The maximum absolute atomic E-state index is 14.1. The Hall–Kier alpha value is -2.58. The lowest BCUT2D eigenvalue weighted by Gasteiger charge is -2.66. The van der Waals surface area contributed by atoms with E-state index in [-0.39, 0.29) is 47.9 Å². The van der Waals surface area contributed by atoms with Crippen LogP contribution in [0, 0.1) is 11.8 Å². The fourth-order valence-corrected chi connectivity index (χ4v) is 8.63. The summed E-state index contributed by atoms with van der Waals surface area (Å²) in [4.78, 5) is 30.3. The molecule has 8 nitrogen and oxygen atoms in total. The lowest BCUT2D eigenvalue weighted by atomic mass is 9.45. The van der Waals surface area contributed by atoms with Gasteiger partial charge in [-0.25, -0.2) is 0 Å². The SMILES string of the molecule is CC(C)NC(=O)C1=C(C(=O)NC2CCCCC2)[C@H](C)[C@]23CCN(CC4CC4)[C@H](Cc4ccc(O)c(O)c42)[C@]3(O)C1. The van der Waals surface area contributed by atoms with Crippen molar-refractivity contribution in [3.8, 4) is 11.5 Å². The Kier molecular flexibility index (Phi) is 6.93. The number of benzene rings is 1. The van der Waals surface area contributed by atoms with Crippen molar-refractivity contribution >= 4 is 11.8 Å². The van der Waals surface area contributed by atoms with E-state index in [1.807, 2.05) is 26.8 Å². The molecular weight excluding hydrogens is 506 g/mol. The van der Waals surface area contributed by atoms with Gasteiger partial charge in [-0.15, -0.1) is 0 Å². The maximum Gasteiger partial charge on any atom is 0.248 e. The van der Waals surface area contributed by atoms with Crippen LogP contribution in [0.2, 0.25) is 0 Å². The van der Waals surface area contributed by atoms with Gasteiger partial charge in [0.15, 0.2) is 11.5 Å². The quantitative estimate of drug-likeness (QED) is 0.346. The van der Waals surface area contributed by atoms with E-state index in [9.17, 15) is 24.9 Å². The molecule has 2 saturated carbocycles. The van der Waals surface area contributed by atoms with Gasteiger partial charge in [-0.05, 0) is 82.4 Å². The van der Waals surface area contributed by atoms with Crippen LogP contribution < -0.4 is 10.6 Å². The number of hydrogen-bond acceptors (Lipinski definition) is 6. The number of fused-ring (bicyclic) bond motifs is 1. The minimum Gasteiger partial charge on any atom is -0.504 e. The number of likely N-dealkylation sites (tertiary alicyclic amines) is 1. The minimum atomic E-state index is -1.39. The van der Waals surface area contributed by atoms with Crippen LogP contribution in [0.5, 0.6) is 11.5 Å². The second-order valence-corrected chi connectivity index (χ2v) is 13.5. The second-order valence-electron chi connectivity index (χ2n) is 13.5. The molecule has 8 heteroatoms. The van der Waals surface area contributed by atoms with Gasteiger partial charge in [0, 0.05) is 53.2 Å². The fourth-order valence-electron chi connectivity index (χ4n) is 8.63. The van der Waals surface area contributed by atoms with Gasteiger partial charge in [0.05, 0.1) is 5.60 Å². The molecule has 1 saturated heterocycles. The van der Waals surface area contributed by atoms with Gasteiger partial charge in [-0.2, -0.15) is 0 Å². The number of nitrogens with one attached hydrogen (secondary N) is 2. The number of phenolic OH excluding ortho intramolecular Hbond substituents is 2. The molecule has 1 aromatic carbocycles. The number of nitrogens with zero attached hydrogens (tertiary/aromatic N) is 1. The maximum atomic E-state index is 14.1. The van der Waals surface area contributed by atoms with Gasteiger partial charge < -0.3 is 26.0 Å². The first kappa shape index (κ1) is 27.6. The van der Waals surface area contributed by atoms with Gasteiger partial charge in [-0.3, -0.25) is 14.5 Å². The first-order valence-electron chi connectivity index (χ1n) is 15.4. The van der Waals surface area contributed by atoms with Crippen LogP contribution >= 0.6 is 0 Å². The molecule has 5 N–H and O–H groups in total. The fraction of sp³-hybridized carbons (Fsp3) is 0.688. The Balaban J connectivity index is 1.52. The van der Waals surface area contributed by atoms with Crippen LogP contribution in [-0.2, 0) is 21.4 Å². The van der Waals surface area contributed by atoms with Crippen molar-refractivity contribution in [1.29, 1.82) is 0 Å². The van der Waals surface area contributed by atoms with Crippen LogP contribution in [0.25, 0.3) is 0 Å². The molecule has 4 aliphatic carbocycles. The van der Waals surface area contributed by atoms with Gasteiger partial charge in [0.2, 0.25) is 11.8 Å². The summed E-state index contributed by atoms with van der Waals surface area (Å²) in [5.74, 6) is -0.908. The van der Waals surface area contributed by atoms with Crippen LogP contribution in [-0.4, -0.2) is 68.8 Å². The van der Waals surface area contributed by atoms with Gasteiger partial charge in [0.1, 0.15) is 0 Å². The molecule has 0 unspecified atom stereocenters. The molecular formula is C32H45N3O5. The minimum absolute atomic E-state index is 0.0314. The van der Waals surface area contributed by atoms with Gasteiger partial charge in [0.25, 0.3) is 0 Å². The topological polar surface area (TPSA) is 122 Å². The van der Waals surface area contributed by atoms with Crippen molar-refractivity contribution in [3.63, 3.8) is 0 Å². The molecule has 1 aliphatic heterocycles. The average Bonchev–Trinajstić information content (AvgIpc) is 3.72. The summed E-state index contributed by atoms with van der Waals surface area (Å²) in [5, 5.41) is 41.2. The molecule has 5 aliphatic rings. The summed E-state index contributed by atoms with van der Waals surface area (Å²) < 4.78 is 0. The number of aromatic hydroxyl groups is 2. The van der Waals surface area contributed by atoms with E-state index in [2.05, 4.69) is 15.5 Å².